The van der Waals surface area contributed by atoms with Crippen LogP contribution in [0.1, 0.15) is 5.56 Å². The third-order valence-electron chi connectivity index (χ3n) is 3.69. The summed E-state index contributed by atoms with van der Waals surface area (Å²) in [4.78, 5) is 11.8. The Morgan fingerprint density at radius 1 is 1.42 bits per heavy atom. The van der Waals surface area contributed by atoms with Crippen molar-refractivity contribution in [2.24, 2.45) is 5.73 Å². The first-order valence-corrected chi connectivity index (χ1v) is 7.41. The Balaban J connectivity index is 2.06. The number of benzene rings is 2. The predicted octanol–water partition coefficient (Wildman–Crippen LogP) is 1.73. The molecule has 0 aliphatic carbocycles. The van der Waals surface area contributed by atoms with Crippen LogP contribution in [-0.4, -0.2) is 33.4 Å². The van der Waals surface area contributed by atoms with Crippen molar-refractivity contribution in [3.05, 3.63) is 54.0 Å². The number of hydrogen-bond acceptors (Lipinski definition) is 4. The Hall–Kier alpha value is -2.77. The number of aromatic nitrogens is 2. The van der Waals surface area contributed by atoms with Crippen molar-refractivity contribution in [1.82, 2.24) is 9.78 Å². The van der Waals surface area contributed by atoms with Gasteiger partial charge in [0.2, 0.25) is 5.91 Å². The summed E-state index contributed by atoms with van der Waals surface area (Å²) in [7, 11) is 0. The second-order valence-corrected chi connectivity index (χ2v) is 5.56. The summed E-state index contributed by atoms with van der Waals surface area (Å²) in [6.45, 7) is 1.47. The minimum absolute atomic E-state index is 0.253. The van der Waals surface area contributed by atoms with Crippen LogP contribution in [0.15, 0.2) is 42.6 Å². The molecule has 0 aliphatic rings. The van der Waals surface area contributed by atoms with E-state index in [2.05, 4.69) is 10.4 Å². The molecule has 1 aromatic heterocycles. The summed E-state index contributed by atoms with van der Waals surface area (Å²) in [6, 6.07) is 9.40. The fourth-order valence-electron chi connectivity index (χ4n) is 2.44. The molecule has 0 saturated carbocycles. The SMILES string of the molecule is Cc1cccc(-n2ncc3c(F)cc(NC(=O)C(N)CO)cc32)c1. The summed E-state index contributed by atoms with van der Waals surface area (Å²) in [5, 5.41) is 16.0. The van der Waals surface area contributed by atoms with Gasteiger partial charge in [-0.2, -0.15) is 5.10 Å². The molecule has 1 unspecified atom stereocenters. The number of halogens is 1. The molecule has 1 atom stereocenters. The van der Waals surface area contributed by atoms with Crippen LogP contribution in [0.3, 0.4) is 0 Å². The maximum Gasteiger partial charge on any atom is 0.243 e. The Labute approximate surface area is 137 Å². The molecule has 3 rings (SSSR count). The fraction of sp³-hybridized carbons (Fsp3) is 0.176. The van der Waals surface area contributed by atoms with Crippen LogP contribution in [-0.2, 0) is 4.79 Å². The quantitative estimate of drug-likeness (QED) is 0.680. The van der Waals surface area contributed by atoms with Crippen LogP contribution in [0.25, 0.3) is 16.6 Å². The van der Waals surface area contributed by atoms with Crippen molar-refractivity contribution in [1.29, 1.82) is 0 Å². The van der Waals surface area contributed by atoms with E-state index in [-0.39, 0.29) is 5.69 Å². The highest BCUT2D eigenvalue weighted by Crippen LogP contribution is 2.25. The Morgan fingerprint density at radius 3 is 2.92 bits per heavy atom. The number of carbonyl (C=O) groups is 1. The molecule has 124 valence electrons. The molecule has 4 N–H and O–H groups in total. The average molecular weight is 328 g/mol. The topological polar surface area (TPSA) is 93.2 Å². The molecule has 2 aromatic carbocycles. The number of fused-ring (bicyclic) bond motifs is 1. The van der Waals surface area contributed by atoms with Crippen LogP contribution >= 0.6 is 0 Å². The summed E-state index contributed by atoms with van der Waals surface area (Å²) in [6.07, 6.45) is 1.44. The number of carbonyl (C=O) groups excluding carboxylic acids is 1. The van der Waals surface area contributed by atoms with Gasteiger partial charge in [-0.3, -0.25) is 4.79 Å². The number of aliphatic hydroxyl groups is 1. The van der Waals surface area contributed by atoms with Crippen molar-refractivity contribution in [3.63, 3.8) is 0 Å². The fourth-order valence-corrected chi connectivity index (χ4v) is 2.44. The van der Waals surface area contributed by atoms with Gasteiger partial charge in [-0.05, 0) is 36.8 Å². The van der Waals surface area contributed by atoms with Gasteiger partial charge in [0.25, 0.3) is 0 Å². The number of nitrogens with one attached hydrogen (secondary N) is 1. The molecule has 3 aromatic rings. The molecule has 0 aliphatic heterocycles. The zero-order valence-corrected chi connectivity index (χ0v) is 13.0. The van der Waals surface area contributed by atoms with E-state index < -0.39 is 24.4 Å². The number of aryl methyl sites for hydroxylation is 1. The molecular formula is C17H17FN4O2. The first kappa shape index (κ1) is 16.1. The number of nitrogens with zero attached hydrogens (tertiary/aromatic N) is 2. The summed E-state index contributed by atoms with van der Waals surface area (Å²) < 4.78 is 15.9. The highest BCUT2D eigenvalue weighted by atomic mass is 19.1. The van der Waals surface area contributed by atoms with E-state index in [0.29, 0.717) is 10.9 Å². The Bertz CT molecular complexity index is 907. The Kier molecular flexibility index (Phi) is 4.28. The number of nitrogens with two attached hydrogens (primary N) is 1. The highest BCUT2D eigenvalue weighted by molar-refractivity contribution is 5.97. The minimum atomic E-state index is -1.06. The van der Waals surface area contributed by atoms with Crippen molar-refractivity contribution >= 4 is 22.5 Å². The first-order chi connectivity index (χ1) is 11.5. The number of amides is 1. The molecule has 1 heterocycles. The van der Waals surface area contributed by atoms with Gasteiger partial charge in [0.05, 0.1) is 29.4 Å². The zero-order valence-electron chi connectivity index (χ0n) is 13.0. The highest BCUT2D eigenvalue weighted by Gasteiger charge is 2.15. The van der Waals surface area contributed by atoms with Crippen LogP contribution < -0.4 is 11.1 Å². The minimum Gasteiger partial charge on any atom is -0.394 e. The van der Waals surface area contributed by atoms with E-state index in [4.69, 9.17) is 10.8 Å². The number of aliphatic hydroxyl groups excluding tert-OH is 1. The van der Waals surface area contributed by atoms with Crippen LogP contribution in [0.4, 0.5) is 10.1 Å². The van der Waals surface area contributed by atoms with Gasteiger partial charge in [0.1, 0.15) is 11.9 Å². The molecular weight excluding hydrogens is 311 g/mol. The second kappa shape index (κ2) is 6.38. The van der Waals surface area contributed by atoms with Crippen molar-refractivity contribution < 1.29 is 14.3 Å². The van der Waals surface area contributed by atoms with E-state index in [1.54, 1.807) is 10.7 Å². The lowest BCUT2D eigenvalue weighted by molar-refractivity contribution is -0.118. The zero-order chi connectivity index (χ0) is 17.3. The van der Waals surface area contributed by atoms with Gasteiger partial charge in [-0.1, -0.05) is 12.1 Å². The van der Waals surface area contributed by atoms with Gasteiger partial charge in [-0.15, -0.1) is 0 Å². The number of hydrogen-bond donors (Lipinski definition) is 3. The molecule has 0 bridgehead atoms. The van der Waals surface area contributed by atoms with Gasteiger partial charge in [-0.25, -0.2) is 9.07 Å². The summed E-state index contributed by atoms with van der Waals surface area (Å²) >= 11 is 0. The second-order valence-electron chi connectivity index (χ2n) is 5.56. The van der Waals surface area contributed by atoms with Gasteiger partial charge in [0, 0.05) is 5.69 Å². The van der Waals surface area contributed by atoms with Crippen molar-refractivity contribution in [2.75, 3.05) is 11.9 Å². The smallest absolute Gasteiger partial charge is 0.243 e. The van der Waals surface area contributed by atoms with Crippen LogP contribution in [0.5, 0.6) is 0 Å². The number of rotatable bonds is 4. The van der Waals surface area contributed by atoms with E-state index in [9.17, 15) is 9.18 Å². The lowest BCUT2D eigenvalue weighted by Crippen LogP contribution is -2.38. The van der Waals surface area contributed by atoms with Crippen molar-refractivity contribution in [2.45, 2.75) is 13.0 Å². The summed E-state index contributed by atoms with van der Waals surface area (Å²) in [5.41, 5.74) is 8.08. The third kappa shape index (κ3) is 2.99. The normalized spacial score (nSPS) is 12.3. The number of anilines is 1. The lowest BCUT2D eigenvalue weighted by atomic mass is 10.2. The Morgan fingerprint density at radius 2 is 2.21 bits per heavy atom. The predicted molar refractivity (Wildman–Crippen MR) is 89.5 cm³/mol. The van der Waals surface area contributed by atoms with E-state index in [1.807, 2.05) is 31.2 Å². The van der Waals surface area contributed by atoms with Crippen molar-refractivity contribution in [3.8, 4) is 5.69 Å². The standard InChI is InChI=1S/C17H17FN4O2/c1-10-3-2-4-12(5-10)22-16-7-11(21-17(24)15(19)9-23)6-14(18)13(16)8-20-22/h2-8,15,23H,9,19H2,1H3,(H,21,24). The van der Waals surface area contributed by atoms with Crippen LogP contribution in [0, 0.1) is 12.7 Å². The maximum absolute atomic E-state index is 14.3. The van der Waals surface area contributed by atoms with Gasteiger partial charge >= 0.3 is 0 Å². The molecule has 24 heavy (non-hydrogen) atoms. The van der Waals surface area contributed by atoms with Crippen LogP contribution in [0.2, 0.25) is 0 Å². The average Bonchev–Trinajstić information content (AvgIpc) is 2.98. The monoisotopic (exact) mass is 328 g/mol. The maximum atomic E-state index is 14.3. The molecule has 7 heteroatoms. The van der Waals surface area contributed by atoms with Gasteiger partial charge in [0.15, 0.2) is 0 Å². The first-order valence-electron chi connectivity index (χ1n) is 7.41. The van der Waals surface area contributed by atoms with Gasteiger partial charge < -0.3 is 16.2 Å². The summed E-state index contributed by atoms with van der Waals surface area (Å²) in [5.74, 6) is -1.09. The molecule has 0 radical (unpaired) electrons. The molecule has 6 nitrogen and oxygen atoms in total. The van der Waals surface area contributed by atoms with E-state index in [0.717, 1.165) is 11.3 Å². The largest absolute Gasteiger partial charge is 0.394 e. The molecule has 1 amide bonds. The van der Waals surface area contributed by atoms with E-state index >= 15 is 0 Å². The lowest BCUT2D eigenvalue weighted by Gasteiger charge is -2.11. The van der Waals surface area contributed by atoms with E-state index in [1.165, 1.54) is 12.3 Å². The molecule has 0 saturated heterocycles. The molecule has 0 fully saturated rings. The molecule has 0 spiro atoms. The third-order valence-corrected chi connectivity index (χ3v) is 3.69.